The number of anilines is 1. The van der Waals surface area contributed by atoms with Crippen molar-refractivity contribution in [3.05, 3.63) is 58.1 Å². The monoisotopic (exact) mass is 347 g/mol. The number of aryl methyl sites for hydroxylation is 2. The first-order valence-electron chi connectivity index (χ1n) is 6.86. The Morgan fingerprint density at radius 1 is 1.24 bits per heavy atom. The van der Waals surface area contributed by atoms with E-state index in [0.717, 1.165) is 27.9 Å². The highest BCUT2D eigenvalue weighted by atomic mass is 79.9. The van der Waals surface area contributed by atoms with Crippen molar-refractivity contribution < 1.29 is 9.53 Å². The molecular weight excluding hydrogens is 330 g/mol. The van der Waals surface area contributed by atoms with Gasteiger partial charge >= 0.3 is 0 Å². The van der Waals surface area contributed by atoms with Gasteiger partial charge in [0.15, 0.2) is 6.61 Å². The fourth-order valence-electron chi connectivity index (χ4n) is 1.87. The number of carbonyl (C=O) groups excluding carboxylic acids is 1. The molecule has 0 fully saturated rings. The first-order valence-corrected chi connectivity index (χ1v) is 7.65. The van der Waals surface area contributed by atoms with E-state index in [1.165, 1.54) is 5.56 Å². The third-order valence-corrected chi connectivity index (χ3v) is 3.99. The molecule has 0 bridgehead atoms. The van der Waals surface area contributed by atoms with E-state index >= 15 is 0 Å². The molecule has 0 aliphatic carbocycles. The second kappa shape index (κ2) is 7.27. The summed E-state index contributed by atoms with van der Waals surface area (Å²) in [6.45, 7) is 4.08. The predicted octanol–water partition coefficient (Wildman–Crippen LogP) is 4.34. The number of hydrogen-bond donors (Lipinski definition) is 1. The van der Waals surface area contributed by atoms with E-state index in [9.17, 15) is 4.79 Å². The maximum absolute atomic E-state index is 11.9. The fraction of sp³-hybridized carbons (Fsp3) is 0.235. The smallest absolute Gasteiger partial charge is 0.262 e. The van der Waals surface area contributed by atoms with Gasteiger partial charge in [0.05, 0.1) is 0 Å². The van der Waals surface area contributed by atoms with E-state index < -0.39 is 0 Å². The van der Waals surface area contributed by atoms with Crippen LogP contribution in [0.1, 0.15) is 18.1 Å². The van der Waals surface area contributed by atoms with Crippen LogP contribution in [0.4, 0.5) is 5.69 Å². The van der Waals surface area contributed by atoms with Crippen molar-refractivity contribution in [2.75, 3.05) is 11.9 Å². The average Bonchev–Trinajstić information content (AvgIpc) is 2.49. The van der Waals surface area contributed by atoms with E-state index in [-0.39, 0.29) is 12.5 Å². The van der Waals surface area contributed by atoms with Crippen molar-refractivity contribution >= 4 is 27.5 Å². The third kappa shape index (κ3) is 4.60. The van der Waals surface area contributed by atoms with Crippen LogP contribution >= 0.6 is 15.9 Å². The van der Waals surface area contributed by atoms with E-state index in [1.54, 1.807) is 0 Å². The topological polar surface area (TPSA) is 38.3 Å². The second-order valence-corrected chi connectivity index (χ2v) is 5.66. The van der Waals surface area contributed by atoms with Gasteiger partial charge in [-0.15, -0.1) is 0 Å². The molecule has 0 unspecified atom stereocenters. The van der Waals surface area contributed by atoms with Crippen molar-refractivity contribution in [1.29, 1.82) is 0 Å². The Morgan fingerprint density at radius 3 is 2.76 bits per heavy atom. The zero-order valence-corrected chi connectivity index (χ0v) is 13.7. The number of hydrogen-bond acceptors (Lipinski definition) is 2. The van der Waals surface area contributed by atoms with Gasteiger partial charge < -0.3 is 10.1 Å². The molecule has 3 nitrogen and oxygen atoms in total. The molecule has 110 valence electrons. The lowest BCUT2D eigenvalue weighted by Gasteiger charge is -2.09. The van der Waals surface area contributed by atoms with Gasteiger partial charge in [-0.3, -0.25) is 4.79 Å². The van der Waals surface area contributed by atoms with E-state index in [0.29, 0.717) is 0 Å². The number of carbonyl (C=O) groups is 1. The van der Waals surface area contributed by atoms with E-state index in [2.05, 4.69) is 28.2 Å². The number of nitrogens with one attached hydrogen (secondary N) is 1. The third-order valence-electron chi connectivity index (χ3n) is 3.13. The highest BCUT2D eigenvalue weighted by molar-refractivity contribution is 9.10. The van der Waals surface area contributed by atoms with Gasteiger partial charge in [0, 0.05) is 10.2 Å². The number of rotatable bonds is 5. The molecule has 0 aromatic heterocycles. The van der Waals surface area contributed by atoms with Gasteiger partial charge in [0.25, 0.3) is 5.91 Å². The van der Waals surface area contributed by atoms with Crippen molar-refractivity contribution in [2.24, 2.45) is 0 Å². The standard InChI is InChI=1S/C17H18BrNO2/c1-3-13-5-4-6-15(9-13)21-11-17(20)19-14-8-7-12(2)16(18)10-14/h4-10H,3,11H2,1-2H3,(H,19,20). The predicted molar refractivity (Wildman–Crippen MR) is 88.8 cm³/mol. The molecule has 0 heterocycles. The Morgan fingerprint density at radius 2 is 2.05 bits per heavy atom. The van der Waals surface area contributed by atoms with Gasteiger partial charge in [0.2, 0.25) is 0 Å². The van der Waals surface area contributed by atoms with Crippen LogP contribution in [0.25, 0.3) is 0 Å². The van der Waals surface area contributed by atoms with E-state index in [1.807, 2.05) is 49.4 Å². The zero-order valence-electron chi connectivity index (χ0n) is 12.2. The van der Waals surface area contributed by atoms with Crippen LogP contribution in [-0.2, 0) is 11.2 Å². The maximum atomic E-state index is 11.9. The zero-order chi connectivity index (χ0) is 15.2. The first-order chi connectivity index (χ1) is 10.1. The molecule has 4 heteroatoms. The number of amides is 1. The highest BCUT2D eigenvalue weighted by Gasteiger charge is 2.05. The summed E-state index contributed by atoms with van der Waals surface area (Å²) in [5.74, 6) is 0.544. The molecule has 0 spiro atoms. The van der Waals surface area contributed by atoms with Crippen LogP contribution in [0.3, 0.4) is 0 Å². The highest BCUT2D eigenvalue weighted by Crippen LogP contribution is 2.20. The average molecular weight is 348 g/mol. The quantitative estimate of drug-likeness (QED) is 0.873. The van der Waals surface area contributed by atoms with Crippen LogP contribution in [0, 0.1) is 6.92 Å². The normalized spacial score (nSPS) is 10.2. The maximum Gasteiger partial charge on any atom is 0.262 e. The molecule has 0 saturated carbocycles. The molecule has 2 rings (SSSR count). The van der Waals surface area contributed by atoms with Gasteiger partial charge in [0.1, 0.15) is 5.75 Å². The summed E-state index contributed by atoms with van der Waals surface area (Å²) in [6, 6.07) is 13.5. The fourth-order valence-corrected chi connectivity index (χ4v) is 2.25. The molecule has 1 amide bonds. The summed E-state index contributed by atoms with van der Waals surface area (Å²) in [5.41, 5.74) is 3.07. The number of benzene rings is 2. The number of halogens is 1. The molecule has 0 radical (unpaired) electrons. The largest absolute Gasteiger partial charge is 0.484 e. The molecule has 2 aromatic carbocycles. The van der Waals surface area contributed by atoms with Crippen LogP contribution in [0.2, 0.25) is 0 Å². The minimum absolute atomic E-state index is 0.00133. The van der Waals surface area contributed by atoms with Crippen LogP contribution < -0.4 is 10.1 Å². The van der Waals surface area contributed by atoms with Crippen molar-refractivity contribution in [2.45, 2.75) is 20.3 Å². The van der Waals surface area contributed by atoms with Gasteiger partial charge in [-0.2, -0.15) is 0 Å². The number of ether oxygens (including phenoxy) is 1. The molecule has 0 aliphatic rings. The van der Waals surface area contributed by atoms with E-state index in [4.69, 9.17) is 4.74 Å². The summed E-state index contributed by atoms with van der Waals surface area (Å²) < 4.78 is 6.48. The van der Waals surface area contributed by atoms with Crippen LogP contribution in [0.5, 0.6) is 5.75 Å². The summed E-state index contributed by atoms with van der Waals surface area (Å²) in [6.07, 6.45) is 0.945. The summed E-state index contributed by atoms with van der Waals surface area (Å²) in [5, 5.41) is 2.81. The molecule has 0 aliphatic heterocycles. The Kier molecular flexibility index (Phi) is 5.39. The van der Waals surface area contributed by atoms with Gasteiger partial charge in [-0.1, -0.05) is 41.1 Å². The summed E-state index contributed by atoms with van der Waals surface area (Å²) in [7, 11) is 0. The minimum atomic E-state index is -0.173. The van der Waals surface area contributed by atoms with Crippen molar-refractivity contribution in [3.63, 3.8) is 0 Å². The molecule has 1 N–H and O–H groups in total. The molecule has 2 aromatic rings. The second-order valence-electron chi connectivity index (χ2n) is 4.80. The Hall–Kier alpha value is -1.81. The minimum Gasteiger partial charge on any atom is -0.484 e. The Balaban J connectivity index is 1.91. The van der Waals surface area contributed by atoms with Crippen molar-refractivity contribution in [3.8, 4) is 5.75 Å². The molecule has 0 saturated heterocycles. The van der Waals surface area contributed by atoms with Crippen molar-refractivity contribution in [1.82, 2.24) is 0 Å². The lowest BCUT2D eigenvalue weighted by atomic mass is 10.2. The Labute approximate surface area is 133 Å². The summed E-state index contributed by atoms with van der Waals surface area (Å²) in [4.78, 5) is 11.9. The first kappa shape index (κ1) is 15.6. The molecule has 0 atom stereocenters. The van der Waals surface area contributed by atoms with Gasteiger partial charge in [-0.05, 0) is 48.7 Å². The lowest BCUT2D eigenvalue weighted by molar-refractivity contribution is -0.118. The van der Waals surface area contributed by atoms with Gasteiger partial charge in [-0.25, -0.2) is 0 Å². The molecule has 21 heavy (non-hydrogen) atoms. The van der Waals surface area contributed by atoms with Crippen LogP contribution in [0.15, 0.2) is 46.9 Å². The Bertz CT molecular complexity index is 640. The molecular formula is C17H18BrNO2. The SMILES string of the molecule is CCc1cccc(OCC(=O)Nc2ccc(C)c(Br)c2)c1. The lowest BCUT2D eigenvalue weighted by Crippen LogP contribution is -2.20. The van der Waals surface area contributed by atoms with Crippen LogP contribution in [-0.4, -0.2) is 12.5 Å². The summed E-state index contributed by atoms with van der Waals surface area (Å²) >= 11 is 3.44.